The van der Waals surface area contributed by atoms with Crippen molar-refractivity contribution in [3.05, 3.63) is 83.8 Å². The van der Waals surface area contributed by atoms with E-state index in [1.807, 2.05) is 13.0 Å². The first kappa shape index (κ1) is 33.7. The number of methoxy groups -OCH3 is 1. The van der Waals surface area contributed by atoms with E-state index in [1.54, 1.807) is 55.8 Å². The van der Waals surface area contributed by atoms with Gasteiger partial charge in [0, 0.05) is 67.7 Å². The molecular weight excluding hydrogens is 621 g/mol. The molecule has 0 bridgehead atoms. The minimum Gasteiger partial charge on any atom is -0.493 e. The van der Waals surface area contributed by atoms with Gasteiger partial charge in [-0.2, -0.15) is 0 Å². The first-order valence-corrected chi connectivity index (χ1v) is 15.8. The van der Waals surface area contributed by atoms with Gasteiger partial charge in [-0.1, -0.05) is 23.8 Å². The molecule has 2 heterocycles. The SMILES string of the molecule is COc1cc2c(Oc3ccc(NC(=S)NC(=O)CC(=O)c4cccc(C)c4)cc3F)ccnc2cc1OCCCN1CCN(C)CC1. The highest BCUT2D eigenvalue weighted by atomic mass is 32.1. The molecule has 0 radical (unpaired) electrons. The summed E-state index contributed by atoms with van der Waals surface area (Å²) in [4.78, 5) is 34.0. The number of carbonyl (C=O) groups is 2. The number of fused-ring (bicyclic) bond motifs is 1. The first-order valence-electron chi connectivity index (χ1n) is 15.4. The van der Waals surface area contributed by atoms with Crippen LogP contribution in [0.15, 0.2) is 66.9 Å². The molecule has 1 aromatic heterocycles. The fourth-order valence-electron chi connectivity index (χ4n) is 5.21. The first-order chi connectivity index (χ1) is 22.7. The molecule has 2 N–H and O–H groups in total. The second-order valence-corrected chi connectivity index (χ2v) is 11.8. The smallest absolute Gasteiger partial charge is 0.233 e. The molecule has 1 aliphatic heterocycles. The monoisotopic (exact) mass is 659 g/mol. The fraction of sp³-hybridized carbons (Fsp3) is 0.314. The Hall–Kier alpha value is -4.65. The summed E-state index contributed by atoms with van der Waals surface area (Å²) in [5.74, 6) is -0.105. The molecule has 0 saturated carbocycles. The van der Waals surface area contributed by atoms with Crippen LogP contribution in [0, 0.1) is 12.7 Å². The highest BCUT2D eigenvalue weighted by Crippen LogP contribution is 2.38. The number of aryl methyl sites for hydroxylation is 1. The van der Waals surface area contributed by atoms with Gasteiger partial charge in [0.05, 0.1) is 25.7 Å². The number of nitrogens with zero attached hydrogens (tertiary/aromatic N) is 3. The molecule has 47 heavy (non-hydrogen) atoms. The third-order valence-corrected chi connectivity index (χ3v) is 7.99. The van der Waals surface area contributed by atoms with Gasteiger partial charge < -0.3 is 34.6 Å². The van der Waals surface area contributed by atoms with Crippen LogP contribution in [0.2, 0.25) is 0 Å². The van der Waals surface area contributed by atoms with E-state index in [-0.39, 0.29) is 23.1 Å². The van der Waals surface area contributed by atoms with E-state index < -0.39 is 11.7 Å². The van der Waals surface area contributed by atoms with Crippen LogP contribution in [0.4, 0.5) is 10.1 Å². The Morgan fingerprint density at radius 2 is 1.79 bits per heavy atom. The summed E-state index contributed by atoms with van der Waals surface area (Å²) in [7, 11) is 3.71. The summed E-state index contributed by atoms with van der Waals surface area (Å²) in [6.45, 7) is 7.65. The van der Waals surface area contributed by atoms with Crippen molar-refractivity contribution < 1.29 is 28.2 Å². The molecule has 4 aromatic rings. The van der Waals surface area contributed by atoms with Crippen molar-refractivity contribution in [3.8, 4) is 23.0 Å². The average molecular weight is 660 g/mol. The summed E-state index contributed by atoms with van der Waals surface area (Å²) in [5.41, 5.74) is 2.26. The summed E-state index contributed by atoms with van der Waals surface area (Å²) in [6, 6.07) is 16.4. The van der Waals surface area contributed by atoms with Crippen molar-refractivity contribution in [2.75, 3.05) is 58.8 Å². The van der Waals surface area contributed by atoms with Gasteiger partial charge in [0.2, 0.25) is 5.91 Å². The second-order valence-electron chi connectivity index (χ2n) is 11.4. The lowest BCUT2D eigenvalue weighted by atomic mass is 10.1. The third kappa shape index (κ3) is 9.22. The van der Waals surface area contributed by atoms with Crippen LogP contribution in [0.5, 0.6) is 23.0 Å². The molecule has 1 aliphatic rings. The number of Topliss-reactive ketones (excluding diaryl/α,β-unsaturated/α-hetero) is 1. The number of benzene rings is 3. The molecule has 0 aliphatic carbocycles. The summed E-state index contributed by atoms with van der Waals surface area (Å²) in [5, 5.41) is 5.79. The Kier molecular flexibility index (Phi) is 11.3. The Morgan fingerprint density at radius 1 is 0.979 bits per heavy atom. The summed E-state index contributed by atoms with van der Waals surface area (Å²) in [6.07, 6.45) is 2.10. The zero-order valence-corrected chi connectivity index (χ0v) is 27.5. The van der Waals surface area contributed by atoms with Gasteiger partial charge >= 0.3 is 0 Å². The van der Waals surface area contributed by atoms with E-state index in [0.717, 1.165) is 44.7 Å². The van der Waals surface area contributed by atoms with Crippen molar-refractivity contribution >= 4 is 45.6 Å². The highest BCUT2D eigenvalue weighted by Gasteiger charge is 2.17. The van der Waals surface area contributed by atoms with E-state index in [4.69, 9.17) is 26.4 Å². The number of ether oxygens (including phenoxy) is 3. The molecule has 1 fully saturated rings. The van der Waals surface area contributed by atoms with Crippen LogP contribution in [0.25, 0.3) is 10.9 Å². The van der Waals surface area contributed by atoms with Gasteiger partial charge in [0.15, 0.2) is 34.0 Å². The van der Waals surface area contributed by atoms with Gasteiger partial charge in [-0.25, -0.2) is 4.39 Å². The zero-order chi connectivity index (χ0) is 33.3. The van der Waals surface area contributed by atoms with Crippen molar-refractivity contribution in [1.82, 2.24) is 20.1 Å². The molecule has 5 rings (SSSR count). The number of ketones is 1. The molecule has 0 spiro atoms. The normalized spacial score (nSPS) is 13.6. The van der Waals surface area contributed by atoms with Crippen molar-refractivity contribution in [2.45, 2.75) is 19.8 Å². The number of thiocarbonyl (C=S) groups is 1. The maximum Gasteiger partial charge on any atom is 0.233 e. The summed E-state index contributed by atoms with van der Waals surface area (Å²) >= 11 is 5.20. The number of halogens is 1. The van der Waals surface area contributed by atoms with E-state index in [9.17, 15) is 9.59 Å². The predicted octanol–water partition coefficient (Wildman–Crippen LogP) is 5.59. The second kappa shape index (κ2) is 15.8. The standard InChI is InChI=1S/C35H38FN5O5S/c1-23-6-4-7-24(18-23)29(42)22-34(43)39-35(47)38-25-8-9-31(27(36)19-25)46-30-10-11-37-28-21-33(32(44-3)20-26(28)30)45-17-5-12-41-15-13-40(2)14-16-41/h4,6-11,18-21H,5,12-17,22H2,1-3H3,(H2,38,39,43,47). The van der Waals surface area contributed by atoms with Gasteiger partial charge in [0.1, 0.15) is 5.75 Å². The molecule has 1 saturated heterocycles. The number of rotatable bonds is 12. The molecule has 3 aromatic carbocycles. The number of likely N-dealkylation sites (N-methyl/N-ethyl adjacent to an activating group) is 1. The highest BCUT2D eigenvalue weighted by molar-refractivity contribution is 7.80. The topological polar surface area (TPSA) is 105 Å². The predicted molar refractivity (Wildman–Crippen MR) is 183 cm³/mol. The third-order valence-electron chi connectivity index (χ3n) is 7.78. The van der Waals surface area contributed by atoms with Crippen LogP contribution in [-0.2, 0) is 4.79 Å². The molecule has 1 amide bonds. The fourth-order valence-corrected chi connectivity index (χ4v) is 5.44. The average Bonchev–Trinajstić information content (AvgIpc) is 3.04. The minimum atomic E-state index is -0.656. The molecule has 0 atom stereocenters. The van der Waals surface area contributed by atoms with E-state index in [2.05, 4.69) is 32.5 Å². The number of piperazine rings is 1. The van der Waals surface area contributed by atoms with Crippen LogP contribution in [-0.4, -0.2) is 85.1 Å². The number of anilines is 1. The largest absolute Gasteiger partial charge is 0.493 e. The number of carbonyl (C=O) groups excluding carboxylic acids is 2. The number of hydrogen-bond acceptors (Lipinski definition) is 9. The number of pyridine rings is 1. The lowest BCUT2D eigenvalue weighted by Gasteiger charge is -2.32. The number of nitrogens with one attached hydrogen (secondary N) is 2. The van der Waals surface area contributed by atoms with Crippen molar-refractivity contribution in [2.24, 2.45) is 0 Å². The molecule has 246 valence electrons. The molecule has 0 unspecified atom stereocenters. The Morgan fingerprint density at radius 3 is 2.53 bits per heavy atom. The number of hydrogen-bond donors (Lipinski definition) is 2. The molecular formula is C35H38FN5O5S. The van der Waals surface area contributed by atoms with E-state index >= 15 is 4.39 Å². The minimum absolute atomic E-state index is 0.0232. The van der Waals surface area contributed by atoms with Crippen LogP contribution >= 0.6 is 12.2 Å². The number of amides is 1. The maximum atomic E-state index is 15.2. The van der Waals surface area contributed by atoms with E-state index in [0.29, 0.717) is 46.0 Å². The van der Waals surface area contributed by atoms with Crippen LogP contribution in [0.3, 0.4) is 0 Å². The van der Waals surface area contributed by atoms with Crippen LogP contribution in [0.1, 0.15) is 28.8 Å². The Labute approximate surface area is 278 Å². The van der Waals surface area contributed by atoms with Gasteiger partial charge in [-0.15, -0.1) is 0 Å². The van der Waals surface area contributed by atoms with Crippen LogP contribution < -0.4 is 24.8 Å². The Bertz CT molecular complexity index is 1760. The van der Waals surface area contributed by atoms with Gasteiger partial charge in [0.25, 0.3) is 0 Å². The number of aromatic nitrogens is 1. The lowest BCUT2D eigenvalue weighted by Crippen LogP contribution is -2.44. The quantitative estimate of drug-likeness (QED) is 0.0867. The van der Waals surface area contributed by atoms with Gasteiger partial charge in [-0.05, 0) is 62.9 Å². The summed E-state index contributed by atoms with van der Waals surface area (Å²) < 4.78 is 32.8. The van der Waals surface area contributed by atoms with Crippen molar-refractivity contribution in [1.29, 1.82) is 0 Å². The molecule has 12 heteroatoms. The lowest BCUT2D eigenvalue weighted by molar-refractivity contribution is -0.118. The maximum absolute atomic E-state index is 15.2. The Balaban J connectivity index is 1.18. The van der Waals surface area contributed by atoms with E-state index in [1.165, 1.54) is 12.1 Å². The molecule has 10 nitrogen and oxygen atoms in total. The zero-order valence-electron chi connectivity index (χ0n) is 26.7. The van der Waals surface area contributed by atoms with Gasteiger partial charge in [-0.3, -0.25) is 14.6 Å². The van der Waals surface area contributed by atoms with Crippen molar-refractivity contribution in [3.63, 3.8) is 0 Å².